The molecule has 3 aromatic rings. The SMILES string of the molecule is CCCCCOc1ccc(Nc2nc(-c3cncc(C#N)c3)cs2)cc1C(F)(F)F. The minimum absolute atomic E-state index is 0.177. The molecule has 0 amide bonds. The van der Waals surface area contributed by atoms with Crippen molar-refractivity contribution < 1.29 is 17.9 Å². The Morgan fingerprint density at radius 1 is 1.20 bits per heavy atom. The number of unbranched alkanes of at least 4 members (excludes halogenated alkanes) is 2. The van der Waals surface area contributed by atoms with E-state index in [1.165, 1.54) is 29.7 Å². The number of hydrogen-bond donors (Lipinski definition) is 1. The van der Waals surface area contributed by atoms with Gasteiger partial charge in [-0.25, -0.2) is 4.98 Å². The molecule has 0 aliphatic rings. The second-order valence-electron chi connectivity index (χ2n) is 6.50. The topological polar surface area (TPSA) is 70.8 Å². The van der Waals surface area contributed by atoms with Crippen LogP contribution in [0.25, 0.3) is 11.3 Å². The van der Waals surface area contributed by atoms with Gasteiger partial charge in [0.05, 0.1) is 23.4 Å². The van der Waals surface area contributed by atoms with Crippen molar-refractivity contribution in [1.29, 1.82) is 5.26 Å². The van der Waals surface area contributed by atoms with Gasteiger partial charge in [0.2, 0.25) is 0 Å². The summed E-state index contributed by atoms with van der Waals surface area (Å²) in [6.07, 6.45) is 1.06. The molecule has 1 N–H and O–H groups in total. The Balaban J connectivity index is 1.78. The van der Waals surface area contributed by atoms with Gasteiger partial charge in [-0.2, -0.15) is 18.4 Å². The fourth-order valence-corrected chi connectivity index (χ4v) is 3.46. The first-order valence-corrected chi connectivity index (χ1v) is 10.2. The molecule has 0 aliphatic heterocycles. The molecule has 2 aromatic heterocycles. The summed E-state index contributed by atoms with van der Waals surface area (Å²) in [7, 11) is 0. The van der Waals surface area contributed by atoms with Crippen molar-refractivity contribution in [2.75, 3.05) is 11.9 Å². The van der Waals surface area contributed by atoms with Gasteiger partial charge in [0, 0.05) is 29.0 Å². The van der Waals surface area contributed by atoms with Crippen molar-refractivity contribution >= 4 is 22.2 Å². The molecule has 1 aromatic carbocycles. The molecule has 30 heavy (non-hydrogen) atoms. The minimum atomic E-state index is -4.53. The van der Waals surface area contributed by atoms with Crippen LogP contribution in [0.15, 0.2) is 42.0 Å². The lowest BCUT2D eigenvalue weighted by Crippen LogP contribution is -2.10. The largest absolute Gasteiger partial charge is 0.493 e. The number of hydrogen-bond acceptors (Lipinski definition) is 6. The van der Waals surface area contributed by atoms with E-state index in [-0.39, 0.29) is 18.0 Å². The highest BCUT2D eigenvalue weighted by atomic mass is 32.1. The molecular formula is C21H19F3N4OS. The normalized spacial score (nSPS) is 11.2. The fourth-order valence-electron chi connectivity index (χ4n) is 2.72. The van der Waals surface area contributed by atoms with E-state index in [9.17, 15) is 13.2 Å². The third-order valence-electron chi connectivity index (χ3n) is 4.21. The average molecular weight is 432 g/mol. The number of rotatable bonds is 8. The smallest absolute Gasteiger partial charge is 0.420 e. The van der Waals surface area contributed by atoms with E-state index >= 15 is 0 Å². The molecule has 0 fully saturated rings. The Morgan fingerprint density at radius 2 is 2.03 bits per heavy atom. The van der Waals surface area contributed by atoms with Crippen LogP contribution in [0.1, 0.15) is 37.3 Å². The zero-order chi connectivity index (χ0) is 21.6. The van der Waals surface area contributed by atoms with E-state index in [2.05, 4.69) is 15.3 Å². The molecule has 3 rings (SSSR count). The van der Waals surface area contributed by atoms with Crippen LogP contribution in [0.2, 0.25) is 0 Å². The summed E-state index contributed by atoms with van der Waals surface area (Å²) < 4.78 is 45.8. The van der Waals surface area contributed by atoms with Gasteiger partial charge >= 0.3 is 6.18 Å². The van der Waals surface area contributed by atoms with Crippen LogP contribution in [0, 0.1) is 11.3 Å². The van der Waals surface area contributed by atoms with Crippen LogP contribution in [0.4, 0.5) is 24.0 Å². The minimum Gasteiger partial charge on any atom is -0.493 e. The summed E-state index contributed by atoms with van der Waals surface area (Å²) >= 11 is 1.24. The van der Waals surface area contributed by atoms with Gasteiger partial charge in [-0.05, 0) is 30.7 Å². The first-order chi connectivity index (χ1) is 14.4. The number of halogens is 3. The Kier molecular flexibility index (Phi) is 6.90. The fraction of sp³-hybridized carbons (Fsp3) is 0.286. The van der Waals surface area contributed by atoms with Gasteiger partial charge < -0.3 is 10.1 Å². The lowest BCUT2D eigenvalue weighted by Gasteiger charge is -2.15. The highest BCUT2D eigenvalue weighted by Gasteiger charge is 2.34. The molecule has 9 heteroatoms. The molecule has 0 aliphatic carbocycles. The lowest BCUT2D eigenvalue weighted by atomic mass is 10.1. The number of pyridine rings is 1. The molecule has 5 nitrogen and oxygen atoms in total. The molecule has 0 spiro atoms. The molecule has 0 unspecified atom stereocenters. The van der Waals surface area contributed by atoms with E-state index in [0.717, 1.165) is 18.9 Å². The van der Waals surface area contributed by atoms with Crippen molar-refractivity contribution in [3.05, 3.63) is 53.2 Å². The number of nitrogens with zero attached hydrogens (tertiary/aromatic N) is 3. The number of ether oxygens (including phenoxy) is 1. The number of benzene rings is 1. The zero-order valence-electron chi connectivity index (χ0n) is 16.2. The first-order valence-electron chi connectivity index (χ1n) is 9.33. The van der Waals surface area contributed by atoms with Gasteiger partial charge in [0.25, 0.3) is 0 Å². The Labute approximate surface area is 176 Å². The predicted molar refractivity (Wildman–Crippen MR) is 110 cm³/mol. The number of nitrogens with one attached hydrogen (secondary N) is 1. The van der Waals surface area contributed by atoms with E-state index in [1.54, 1.807) is 17.6 Å². The van der Waals surface area contributed by atoms with Crippen molar-refractivity contribution in [3.63, 3.8) is 0 Å². The molecule has 0 saturated carbocycles. The van der Waals surface area contributed by atoms with E-state index < -0.39 is 11.7 Å². The van der Waals surface area contributed by atoms with E-state index in [0.29, 0.717) is 28.4 Å². The van der Waals surface area contributed by atoms with E-state index in [1.807, 2.05) is 13.0 Å². The Morgan fingerprint density at radius 3 is 2.77 bits per heavy atom. The summed E-state index contributed by atoms with van der Waals surface area (Å²) in [6, 6.07) is 7.54. The number of aromatic nitrogens is 2. The highest BCUT2D eigenvalue weighted by molar-refractivity contribution is 7.14. The molecule has 0 saturated heterocycles. The predicted octanol–water partition coefficient (Wildman–Crippen LogP) is 6.41. The number of thiazole rings is 1. The molecule has 156 valence electrons. The van der Waals surface area contributed by atoms with Crippen LogP contribution in [-0.4, -0.2) is 16.6 Å². The molecule has 0 atom stereocenters. The van der Waals surface area contributed by atoms with Crippen LogP contribution in [-0.2, 0) is 6.18 Å². The van der Waals surface area contributed by atoms with Crippen LogP contribution >= 0.6 is 11.3 Å². The van der Waals surface area contributed by atoms with Gasteiger partial charge in [0.15, 0.2) is 5.13 Å². The van der Waals surface area contributed by atoms with E-state index in [4.69, 9.17) is 10.00 Å². The van der Waals surface area contributed by atoms with Gasteiger partial charge in [-0.3, -0.25) is 4.98 Å². The van der Waals surface area contributed by atoms with Gasteiger partial charge in [-0.1, -0.05) is 19.8 Å². The van der Waals surface area contributed by atoms with Gasteiger partial charge in [-0.15, -0.1) is 11.3 Å². The second-order valence-corrected chi connectivity index (χ2v) is 7.36. The monoisotopic (exact) mass is 432 g/mol. The molecule has 0 radical (unpaired) electrons. The summed E-state index contributed by atoms with van der Waals surface area (Å²) in [4.78, 5) is 8.37. The molecular weight excluding hydrogens is 413 g/mol. The summed E-state index contributed by atoms with van der Waals surface area (Å²) in [5.41, 5.74) is 1.07. The maximum atomic E-state index is 13.5. The highest BCUT2D eigenvalue weighted by Crippen LogP contribution is 2.39. The Bertz CT molecular complexity index is 1040. The third-order valence-corrected chi connectivity index (χ3v) is 4.97. The summed E-state index contributed by atoms with van der Waals surface area (Å²) in [5, 5.41) is 14.1. The van der Waals surface area contributed by atoms with Crippen LogP contribution in [0.3, 0.4) is 0 Å². The maximum Gasteiger partial charge on any atom is 0.420 e. The standard InChI is InChI=1S/C21H19F3N4OS/c1-2-3-4-7-29-19-6-5-16(9-17(19)21(22,23)24)27-20-28-18(13-30-20)15-8-14(10-25)11-26-12-15/h5-6,8-9,11-13H,2-4,7H2,1H3,(H,27,28). The van der Waals surface area contributed by atoms with Crippen LogP contribution < -0.4 is 10.1 Å². The number of nitriles is 1. The Hall–Kier alpha value is -3.12. The zero-order valence-corrected chi connectivity index (χ0v) is 17.0. The van der Waals surface area contributed by atoms with Crippen molar-refractivity contribution in [3.8, 4) is 23.1 Å². The molecule has 2 heterocycles. The maximum absolute atomic E-state index is 13.5. The second kappa shape index (κ2) is 9.59. The molecule has 0 bridgehead atoms. The van der Waals surface area contributed by atoms with Crippen LogP contribution in [0.5, 0.6) is 5.75 Å². The number of anilines is 2. The van der Waals surface area contributed by atoms with Crippen molar-refractivity contribution in [1.82, 2.24) is 9.97 Å². The average Bonchev–Trinajstić information content (AvgIpc) is 3.20. The van der Waals surface area contributed by atoms with Gasteiger partial charge in [0.1, 0.15) is 11.8 Å². The third kappa shape index (κ3) is 5.48. The summed E-state index contributed by atoms with van der Waals surface area (Å²) in [5.74, 6) is -0.177. The quantitative estimate of drug-likeness (QED) is 0.417. The number of alkyl halides is 3. The summed E-state index contributed by atoms with van der Waals surface area (Å²) in [6.45, 7) is 2.26. The first kappa shape index (κ1) is 21.6. The van der Waals surface area contributed by atoms with Crippen molar-refractivity contribution in [2.24, 2.45) is 0 Å². The van der Waals surface area contributed by atoms with Crippen molar-refractivity contribution in [2.45, 2.75) is 32.4 Å². The lowest BCUT2D eigenvalue weighted by molar-refractivity contribution is -0.138.